The first-order valence-corrected chi connectivity index (χ1v) is 11.9. The zero-order valence-corrected chi connectivity index (χ0v) is 20.8. The molecule has 0 saturated carbocycles. The molecule has 1 atom stereocenters. The summed E-state index contributed by atoms with van der Waals surface area (Å²) in [7, 11) is 0. The summed E-state index contributed by atoms with van der Waals surface area (Å²) >= 11 is 0. The van der Waals surface area contributed by atoms with Gasteiger partial charge in [0.2, 0.25) is 0 Å². The van der Waals surface area contributed by atoms with Crippen LogP contribution in [0, 0.1) is 0 Å². The lowest BCUT2D eigenvalue weighted by atomic mass is 10.0. The predicted molar refractivity (Wildman–Crippen MR) is 133 cm³/mol. The zero-order valence-electron chi connectivity index (χ0n) is 20.8. The van der Waals surface area contributed by atoms with Crippen LogP contribution in [0.1, 0.15) is 39.7 Å². The first-order valence-electron chi connectivity index (χ1n) is 11.9. The molecular formula is C27H38N2O5. The summed E-state index contributed by atoms with van der Waals surface area (Å²) in [5.41, 5.74) is 0.735. The van der Waals surface area contributed by atoms with E-state index in [1.165, 1.54) is 0 Å². The molecule has 1 fully saturated rings. The molecule has 0 spiro atoms. The molecule has 2 aromatic carbocycles. The minimum Gasteiger partial charge on any atom is -0.491 e. The number of carbonyl (C=O) groups is 1. The van der Waals surface area contributed by atoms with Crippen LogP contribution in [0.3, 0.4) is 0 Å². The van der Waals surface area contributed by atoms with Gasteiger partial charge in [-0.1, -0.05) is 30.3 Å². The number of hydrogen-bond acceptors (Lipinski definition) is 6. The largest absolute Gasteiger partial charge is 0.491 e. The Morgan fingerprint density at radius 1 is 0.941 bits per heavy atom. The highest BCUT2D eigenvalue weighted by Gasteiger charge is 2.26. The third-order valence-electron chi connectivity index (χ3n) is 5.58. The molecule has 186 valence electrons. The molecule has 0 radical (unpaired) electrons. The maximum atomic E-state index is 12.2. The normalized spacial score (nSPS) is 16.1. The zero-order chi connectivity index (χ0) is 24.6. The molecule has 0 aliphatic carbocycles. The van der Waals surface area contributed by atoms with Gasteiger partial charge in [0.05, 0.1) is 12.2 Å². The molecule has 2 aromatic rings. The van der Waals surface area contributed by atoms with Crippen molar-refractivity contribution in [3.63, 3.8) is 0 Å². The highest BCUT2D eigenvalue weighted by molar-refractivity contribution is 5.68. The third-order valence-corrected chi connectivity index (χ3v) is 5.58. The fourth-order valence-corrected chi connectivity index (χ4v) is 3.59. The first kappa shape index (κ1) is 25.8. The van der Waals surface area contributed by atoms with Crippen molar-refractivity contribution in [2.24, 2.45) is 0 Å². The number of hydrogen-bond donors (Lipinski definition) is 1. The molecule has 0 aromatic heterocycles. The van der Waals surface area contributed by atoms with Gasteiger partial charge in [0.15, 0.2) is 0 Å². The van der Waals surface area contributed by atoms with E-state index >= 15 is 0 Å². The molecule has 1 amide bonds. The van der Waals surface area contributed by atoms with E-state index in [-0.39, 0.29) is 12.7 Å². The molecule has 7 nitrogen and oxygen atoms in total. The topological polar surface area (TPSA) is 71.5 Å². The van der Waals surface area contributed by atoms with E-state index in [1.54, 1.807) is 11.8 Å². The smallest absolute Gasteiger partial charge is 0.410 e. The van der Waals surface area contributed by atoms with Crippen LogP contribution in [0.4, 0.5) is 10.5 Å². The summed E-state index contributed by atoms with van der Waals surface area (Å²) in [6.45, 7) is 11.3. The van der Waals surface area contributed by atoms with Crippen molar-refractivity contribution in [2.75, 3.05) is 44.3 Å². The summed E-state index contributed by atoms with van der Waals surface area (Å²) in [5.74, 6) is 0.710. The molecule has 34 heavy (non-hydrogen) atoms. The van der Waals surface area contributed by atoms with E-state index in [0.29, 0.717) is 38.5 Å². The van der Waals surface area contributed by atoms with Crippen molar-refractivity contribution in [3.8, 4) is 5.75 Å². The van der Waals surface area contributed by atoms with Gasteiger partial charge in [0.1, 0.15) is 18.0 Å². The van der Waals surface area contributed by atoms with Gasteiger partial charge >= 0.3 is 6.09 Å². The molecule has 1 saturated heterocycles. The van der Waals surface area contributed by atoms with Crippen LogP contribution in [0.25, 0.3) is 0 Å². The molecule has 0 bridgehead atoms. The molecule has 1 heterocycles. The van der Waals surface area contributed by atoms with Gasteiger partial charge in [0, 0.05) is 44.9 Å². The van der Waals surface area contributed by atoms with Crippen molar-refractivity contribution in [3.05, 3.63) is 60.2 Å². The molecular weight excluding hydrogens is 432 g/mol. The average Bonchev–Trinajstić information content (AvgIpc) is 2.81. The molecule has 1 aliphatic rings. The van der Waals surface area contributed by atoms with Crippen LogP contribution >= 0.6 is 0 Å². The lowest BCUT2D eigenvalue weighted by Gasteiger charge is -2.36. The molecule has 3 rings (SSSR count). The number of carbonyl (C=O) groups excluding carboxylic acids is 1. The highest BCUT2D eigenvalue weighted by Crippen LogP contribution is 2.23. The van der Waals surface area contributed by atoms with Gasteiger partial charge in [-0.25, -0.2) is 4.79 Å². The van der Waals surface area contributed by atoms with E-state index in [4.69, 9.17) is 14.2 Å². The van der Waals surface area contributed by atoms with Crippen LogP contribution in [0.2, 0.25) is 0 Å². The van der Waals surface area contributed by atoms with E-state index in [1.807, 2.05) is 75.4 Å². The van der Waals surface area contributed by atoms with E-state index in [0.717, 1.165) is 24.3 Å². The second-order valence-electron chi connectivity index (χ2n) is 10.0. The van der Waals surface area contributed by atoms with E-state index in [2.05, 4.69) is 4.90 Å². The second-order valence-corrected chi connectivity index (χ2v) is 10.0. The summed E-state index contributed by atoms with van der Waals surface area (Å²) in [6, 6.07) is 17.8. The molecule has 7 heteroatoms. The quantitative estimate of drug-likeness (QED) is 0.545. The Hall–Kier alpha value is -2.77. The third kappa shape index (κ3) is 8.54. The molecule has 1 unspecified atom stereocenters. The lowest BCUT2D eigenvalue weighted by molar-refractivity contribution is -0.0215. The second kappa shape index (κ2) is 11.6. The van der Waals surface area contributed by atoms with Crippen LogP contribution in [-0.4, -0.2) is 66.7 Å². The summed E-state index contributed by atoms with van der Waals surface area (Å²) in [6.07, 6.45) is 0.230. The van der Waals surface area contributed by atoms with Gasteiger partial charge < -0.3 is 29.1 Å². The Labute approximate surface area is 203 Å². The number of benzene rings is 2. The number of aliphatic hydroxyl groups is 1. The van der Waals surface area contributed by atoms with Gasteiger partial charge in [-0.2, -0.15) is 0 Å². The fraction of sp³-hybridized carbons (Fsp3) is 0.519. The number of rotatable bonds is 9. The lowest BCUT2D eigenvalue weighted by Crippen LogP contribution is -2.50. The van der Waals surface area contributed by atoms with E-state index < -0.39 is 11.2 Å². The van der Waals surface area contributed by atoms with Crippen LogP contribution in [-0.2, 0) is 16.1 Å². The van der Waals surface area contributed by atoms with Crippen molar-refractivity contribution in [1.82, 2.24) is 4.90 Å². The number of ether oxygens (including phenoxy) is 3. The van der Waals surface area contributed by atoms with Crippen LogP contribution < -0.4 is 9.64 Å². The van der Waals surface area contributed by atoms with Crippen molar-refractivity contribution in [2.45, 2.75) is 51.9 Å². The van der Waals surface area contributed by atoms with Crippen molar-refractivity contribution in [1.29, 1.82) is 0 Å². The van der Waals surface area contributed by atoms with Gasteiger partial charge in [-0.05, 0) is 57.5 Å². The SMILES string of the molecule is CC(O)(CCOCc1ccccc1)COc1ccc(N2CCN(C(=O)OC(C)(C)C)CC2)cc1. The monoisotopic (exact) mass is 470 g/mol. The number of amides is 1. The summed E-state index contributed by atoms with van der Waals surface area (Å²) < 4.78 is 17.0. The number of piperazine rings is 1. The average molecular weight is 471 g/mol. The predicted octanol–water partition coefficient (Wildman–Crippen LogP) is 4.48. The van der Waals surface area contributed by atoms with Crippen LogP contribution in [0.15, 0.2) is 54.6 Å². The highest BCUT2D eigenvalue weighted by atomic mass is 16.6. The number of nitrogens with zero attached hydrogens (tertiary/aromatic N) is 2. The van der Waals surface area contributed by atoms with Crippen LogP contribution in [0.5, 0.6) is 5.75 Å². The van der Waals surface area contributed by atoms with Crippen molar-refractivity contribution >= 4 is 11.8 Å². The Bertz CT molecular complexity index is 885. The van der Waals surface area contributed by atoms with Crippen molar-refractivity contribution < 1.29 is 24.1 Å². The fourth-order valence-electron chi connectivity index (χ4n) is 3.59. The molecule has 1 aliphatic heterocycles. The molecule has 1 N–H and O–H groups in total. The Morgan fingerprint density at radius 3 is 2.21 bits per heavy atom. The maximum Gasteiger partial charge on any atom is 0.410 e. The van der Waals surface area contributed by atoms with E-state index in [9.17, 15) is 9.90 Å². The minimum absolute atomic E-state index is 0.190. The first-order chi connectivity index (χ1) is 16.1. The summed E-state index contributed by atoms with van der Waals surface area (Å²) in [4.78, 5) is 16.2. The van der Waals surface area contributed by atoms with Gasteiger partial charge in [0.25, 0.3) is 0 Å². The Morgan fingerprint density at radius 2 is 1.59 bits per heavy atom. The van der Waals surface area contributed by atoms with Gasteiger partial charge in [-0.15, -0.1) is 0 Å². The Balaban J connectivity index is 1.38. The number of anilines is 1. The Kier molecular flexibility index (Phi) is 8.80. The standard InChI is InChI=1S/C27H38N2O5/c1-26(2,3)34-25(30)29-17-15-28(16-18-29)23-10-12-24(13-11-23)33-21-27(4,31)14-19-32-20-22-8-6-5-7-9-22/h5-13,31H,14-21H2,1-4H3. The summed E-state index contributed by atoms with van der Waals surface area (Å²) in [5, 5.41) is 10.6. The maximum absolute atomic E-state index is 12.2. The van der Waals surface area contributed by atoms with Gasteiger partial charge in [-0.3, -0.25) is 0 Å². The minimum atomic E-state index is -0.979.